The van der Waals surface area contributed by atoms with Crippen LogP contribution < -0.4 is 5.32 Å². The Hall–Kier alpha value is -1.72. The van der Waals surface area contributed by atoms with Gasteiger partial charge in [0, 0.05) is 38.1 Å². The van der Waals surface area contributed by atoms with Crippen LogP contribution in [-0.2, 0) is 17.8 Å². The topological polar surface area (TPSA) is 50.2 Å². The van der Waals surface area contributed by atoms with Gasteiger partial charge in [-0.2, -0.15) is 5.10 Å². The zero-order chi connectivity index (χ0) is 14.7. The van der Waals surface area contributed by atoms with Crippen LogP contribution >= 0.6 is 0 Å². The number of ketones is 1. The summed E-state index contributed by atoms with van der Waals surface area (Å²) in [5, 5.41) is 9.01. The molecule has 0 atom stereocenters. The van der Waals surface area contributed by atoms with Crippen molar-refractivity contribution in [2.45, 2.75) is 19.9 Å². The van der Waals surface area contributed by atoms with Crippen molar-refractivity contribution < 1.29 is 4.79 Å². The van der Waals surface area contributed by atoms with E-state index in [4.69, 9.17) is 0 Å². The summed E-state index contributed by atoms with van der Waals surface area (Å²) in [6.45, 7) is 7.29. The molecule has 0 amide bonds. The van der Waals surface area contributed by atoms with Crippen LogP contribution in [0.4, 0.5) is 0 Å². The first-order chi connectivity index (χ1) is 10.3. The molecule has 1 fully saturated rings. The largest absolute Gasteiger partial charge is 0.314 e. The van der Waals surface area contributed by atoms with Crippen molar-refractivity contribution >= 4 is 16.7 Å². The number of benzene rings is 1. The van der Waals surface area contributed by atoms with Gasteiger partial charge >= 0.3 is 0 Å². The predicted molar refractivity (Wildman–Crippen MR) is 83.4 cm³/mol. The number of fused-ring (bicyclic) bond motifs is 1. The van der Waals surface area contributed by atoms with E-state index in [-0.39, 0.29) is 5.78 Å². The van der Waals surface area contributed by atoms with E-state index in [1.54, 1.807) is 0 Å². The summed E-state index contributed by atoms with van der Waals surface area (Å²) in [5.41, 5.74) is 2.03. The van der Waals surface area contributed by atoms with Crippen LogP contribution in [0.15, 0.2) is 24.3 Å². The second kappa shape index (κ2) is 6.37. The molecule has 0 radical (unpaired) electrons. The second-order valence-corrected chi connectivity index (χ2v) is 5.52. The van der Waals surface area contributed by atoms with Crippen molar-refractivity contribution in [1.29, 1.82) is 0 Å². The van der Waals surface area contributed by atoms with E-state index < -0.39 is 0 Å². The normalized spacial score (nSPS) is 16.4. The molecule has 3 rings (SSSR count). The predicted octanol–water partition coefficient (Wildman–Crippen LogP) is 1.07. The molecular formula is C16H22N4O. The summed E-state index contributed by atoms with van der Waals surface area (Å²) in [7, 11) is 0. The Morgan fingerprint density at radius 1 is 1.29 bits per heavy atom. The highest BCUT2D eigenvalue weighted by Crippen LogP contribution is 2.19. The zero-order valence-electron chi connectivity index (χ0n) is 12.5. The molecule has 1 aromatic carbocycles. The first-order valence-corrected chi connectivity index (χ1v) is 7.67. The van der Waals surface area contributed by atoms with Gasteiger partial charge in [0.15, 0.2) is 5.78 Å². The van der Waals surface area contributed by atoms with Crippen LogP contribution in [0.2, 0.25) is 0 Å². The molecule has 1 aromatic heterocycles. The smallest absolute Gasteiger partial charge is 0.152 e. The van der Waals surface area contributed by atoms with E-state index in [2.05, 4.69) is 34.4 Å². The van der Waals surface area contributed by atoms with Crippen LogP contribution in [0.5, 0.6) is 0 Å². The Bertz CT molecular complexity index is 628. The number of aromatic nitrogens is 2. The fourth-order valence-corrected chi connectivity index (χ4v) is 2.93. The summed E-state index contributed by atoms with van der Waals surface area (Å²) in [5.74, 6) is 0.253. The molecule has 0 spiro atoms. The van der Waals surface area contributed by atoms with E-state index >= 15 is 0 Å². The first-order valence-electron chi connectivity index (χ1n) is 7.67. The average Bonchev–Trinajstić information content (AvgIpc) is 2.86. The number of carbonyl (C=O) groups is 1. The van der Waals surface area contributed by atoms with Gasteiger partial charge in [-0.3, -0.25) is 14.4 Å². The number of nitrogens with zero attached hydrogens (tertiary/aromatic N) is 3. The molecule has 1 saturated heterocycles. The molecule has 2 aromatic rings. The number of hydrogen-bond donors (Lipinski definition) is 1. The Kier molecular flexibility index (Phi) is 4.31. The Labute approximate surface area is 124 Å². The van der Waals surface area contributed by atoms with Crippen molar-refractivity contribution in [2.24, 2.45) is 0 Å². The van der Waals surface area contributed by atoms with Gasteiger partial charge in [0.25, 0.3) is 0 Å². The van der Waals surface area contributed by atoms with Crippen molar-refractivity contribution in [3.05, 3.63) is 30.0 Å². The fraction of sp³-hybridized carbons (Fsp3) is 0.500. The molecule has 0 bridgehead atoms. The summed E-state index contributed by atoms with van der Waals surface area (Å²) < 4.78 is 1.97. The third kappa shape index (κ3) is 3.14. The van der Waals surface area contributed by atoms with E-state index in [1.165, 1.54) is 0 Å². The number of aryl methyl sites for hydroxylation is 1. The second-order valence-electron chi connectivity index (χ2n) is 5.52. The zero-order valence-corrected chi connectivity index (χ0v) is 12.5. The van der Waals surface area contributed by atoms with Gasteiger partial charge in [-0.05, 0) is 13.0 Å². The minimum Gasteiger partial charge on any atom is -0.314 e. The highest BCUT2D eigenvalue weighted by atomic mass is 16.1. The average molecular weight is 286 g/mol. The molecule has 0 unspecified atom stereocenters. The fourth-order valence-electron chi connectivity index (χ4n) is 2.93. The minimum absolute atomic E-state index is 0.253. The van der Waals surface area contributed by atoms with Crippen molar-refractivity contribution in [2.75, 3.05) is 32.7 Å². The van der Waals surface area contributed by atoms with Gasteiger partial charge in [-0.25, -0.2) is 0 Å². The van der Waals surface area contributed by atoms with Gasteiger partial charge in [-0.15, -0.1) is 0 Å². The SMILES string of the molecule is CCn1nc(CC(=O)CN2CCNCC2)c2ccccc21. The quantitative estimate of drug-likeness (QED) is 0.893. The number of nitrogens with one attached hydrogen (secondary N) is 1. The molecule has 1 N–H and O–H groups in total. The standard InChI is InChI=1S/C16H22N4O/c1-2-20-16-6-4-3-5-14(16)15(18-20)11-13(21)12-19-9-7-17-8-10-19/h3-6,17H,2,7-12H2,1H3. The highest BCUT2D eigenvalue weighted by Gasteiger charge is 2.17. The molecule has 21 heavy (non-hydrogen) atoms. The molecule has 0 aliphatic carbocycles. The Morgan fingerprint density at radius 2 is 2.05 bits per heavy atom. The lowest BCUT2D eigenvalue weighted by Gasteiger charge is -2.26. The van der Waals surface area contributed by atoms with Crippen molar-refractivity contribution in [1.82, 2.24) is 20.0 Å². The van der Waals surface area contributed by atoms with Gasteiger partial charge in [0.05, 0.1) is 24.2 Å². The molecule has 112 valence electrons. The van der Waals surface area contributed by atoms with Gasteiger partial charge in [0.1, 0.15) is 0 Å². The number of Topliss-reactive ketones (excluding diaryl/α,β-unsaturated/α-hetero) is 1. The summed E-state index contributed by atoms with van der Waals surface area (Å²) >= 11 is 0. The molecule has 5 nitrogen and oxygen atoms in total. The minimum atomic E-state index is 0.253. The maximum atomic E-state index is 12.3. The van der Waals surface area contributed by atoms with Crippen molar-refractivity contribution in [3.8, 4) is 0 Å². The van der Waals surface area contributed by atoms with Gasteiger partial charge < -0.3 is 5.32 Å². The molecule has 2 heterocycles. The lowest BCUT2D eigenvalue weighted by molar-refractivity contribution is -0.119. The van der Waals surface area contributed by atoms with E-state index in [9.17, 15) is 4.79 Å². The molecule has 1 aliphatic rings. The lowest BCUT2D eigenvalue weighted by atomic mass is 10.1. The van der Waals surface area contributed by atoms with Crippen molar-refractivity contribution in [3.63, 3.8) is 0 Å². The van der Waals surface area contributed by atoms with Crippen LogP contribution in [0, 0.1) is 0 Å². The molecular weight excluding hydrogens is 264 g/mol. The summed E-state index contributed by atoms with van der Waals surface area (Å²) in [4.78, 5) is 14.5. The number of piperazine rings is 1. The molecule has 5 heteroatoms. The van der Waals surface area contributed by atoms with E-state index in [0.717, 1.165) is 49.3 Å². The molecule has 0 saturated carbocycles. The number of carbonyl (C=O) groups excluding carboxylic acids is 1. The Morgan fingerprint density at radius 3 is 2.81 bits per heavy atom. The number of rotatable bonds is 5. The van der Waals surface area contributed by atoms with Gasteiger partial charge in [0.2, 0.25) is 0 Å². The highest BCUT2D eigenvalue weighted by molar-refractivity contribution is 5.89. The van der Waals surface area contributed by atoms with Crippen LogP contribution in [0.1, 0.15) is 12.6 Å². The van der Waals surface area contributed by atoms with Crippen LogP contribution in [0.3, 0.4) is 0 Å². The van der Waals surface area contributed by atoms with Gasteiger partial charge in [-0.1, -0.05) is 18.2 Å². The van der Waals surface area contributed by atoms with Crippen LogP contribution in [-0.4, -0.2) is 53.2 Å². The lowest BCUT2D eigenvalue weighted by Crippen LogP contribution is -2.45. The number of hydrogen-bond acceptors (Lipinski definition) is 4. The maximum Gasteiger partial charge on any atom is 0.152 e. The van der Waals surface area contributed by atoms with Crippen LogP contribution in [0.25, 0.3) is 10.9 Å². The first kappa shape index (κ1) is 14.2. The third-order valence-corrected chi connectivity index (χ3v) is 4.01. The number of para-hydroxylation sites is 1. The van der Waals surface area contributed by atoms with E-state index in [0.29, 0.717) is 13.0 Å². The Balaban J connectivity index is 1.73. The van der Waals surface area contributed by atoms with E-state index in [1.807, 2.05) is 16.8 Å². The monoisotopic (exact) mass is 286 g/mol. The summed E-state index contributed by atoms with van der Waals surface area (Å²) in [6.07, 6.45) is 0.428. The summed E-state index contributed by atoms with van der Waals surface area (Å²) in [6, 6.07) is 8.15. The molecule has 1 aliphatic heterocycles. The maximum absolute atomic E-state index is 12.3. The third-order valence-electron chi connectivity index (χ3n) is 4.01.